The number of fused-ring (bicyclic) bond motifs is 2. The molecule has 98 valence electrons. The Morgan fingerprint density at radius 3 is 2.35 bits per heavy atom. The highest BCUT2D eigenvalue weighted by Gasteiger charge is 2.38. The zero-order valence-corrected chi connectivity index (χ0v) is 13.1. The minimum absolute atomic E-state index is 0.349. The zero-order valence-electron chi connectivity index (χ0n) is 12.1. The molecule has 1 fully saturated rings. The molecule has 3 unspecified atom stereocenters. The predicted molar refractivity (Wildman–Crippen MR) is 76.6 cm³/mol. The molecule has 0 aliphatic heterocycles. The van der Waals surface area contributed by atoms with Crippen LogP contribution in [-0.4, -0.2) is 14.9 Å². The van der Waals surface area contributed by atoms with E-state index in [4.69, 9.17) is 4.43 Å². The van der Waals surface area contributed by atoms with Crippen LogP contribution in [0.4, 0.5) is 0 Å². The SMILES string of the molecule is CC(C)(C)[Si](C)(C)OCCC1CC2C=CC1C2. The molecule has 2 rings (SSSR count). The van der Waals surface area contributed by atoms with Crippen LogP contribution in [0.3, 0.4) is 0 Å². The van der Waals surface area contributed by atoms with Gasteiger partial charge in [-0.3, -0.25) is 0 Å². The van der Waals surface area contributed by atoms with Gasteiger partial charge in [0.05, 0.1) is 0 Å². The van der Waals surface area contributed by atoms with Gasteiger partial charge in [-0.05, 0) is 55.1 Å². The summed E-state index contributed by atoms with van der Waals surface area (Å²) in [5, 5.41) is 0.349. The number of hydrogen-bond donors (Lipinski definition) is 0. The van der Waals surface area contributed by atoms with Crippen molar-refractivity contribution in [3.63, 3.8) is 0 Å². The maximum absolute atomic E-state index is 6.28. The Hall–Kier alpha value is -0.0831. The number of hydrogen-bond acceptors (Lipinski definition) is 1. The largest absolute Gasteiger partial charge is 0.417 e. The lowest BCUT2D eigenvalue weighted by molar-refractivity contribution is 0.243. The molecule has 0 spiro atoms. The average molecular weight is 252 g/mol. The van der Waals surface area contributed by atoms with Gasteiger partial charge in [0.15, 0.2) is 8.32 Å². The summed E-state index contributed by atoms with van der Waals surface area (Å²) < 4.78 is 6.28. The van der Waals surface area contributed by atoms with Crippen LogP contribution in [0.1, 0.15) is 40.0 Å². The van der Waals surface area contributed by atoms with Crippen molar-refractivity contribution in [2.75, 3.05) is 6.61 Å². The summed E-state index contributed by atoms with van der Waals surface area (Å²) in [6.45, 7) is 12.7. The van der Waals surface area contributed by atoms with Gasteiger partial charge in [0.1, 0.15) is 0 Å². The van der Waals surface area contributed by atoms with E-state index in [1.54, 1.807) is 0 Å². The summed E-state index contributed by atoms with van der Waals surface area (Å²) in [5.41, 5.74) is 0. The molecule has 0 aromatic heterocycles. The first-order valence-electron chi connectivity index (χ1n) is 7.12. The third kappa shape index (κ3) is 2.85. The highest BCUT2D eigenvalue weighted by atomic mass is 28.4. The van der Waals surface area contributed by atoms with Crippen molar-refractivity contribution in [3.8, 4) is 0 Å². The molecule has 0 aromatic carbocycles. The highest BCUT2D eigenvalue weighted by molar-refractivity contribution is 6.74. The van der Waals surface area contributed by atoms with E-state index in [9.17, 15) is 0 Å². The van der Waals surface area contributed by atoms with Crippen molar-refractivity contribution in [1.82, 2.24) is 0 Å². The second-order valence-electron chi connectivity index (χ2n) is 7.44. The fraction of sp³-hybridized carbons (Fsp3) is 0.867. The van der Waals surface area contributed by atoms with E-state index in [2.05, 4.69) is 46.0 Å². The maximum Gasteiger partial charge on any atom is 0.191 e. The van der Waals surface area contributed by atoms with Crippen molar-refractivity contribution in [2.24, 2.45) is 17.8 Å². The molecule has 1 nitrogen and oxygen atoms in total. The second kappa shape index (κ2) is 4.54. The Labute approximate surface area is 108 Å². The third-order valence-electron chi connectivity index (χ3n) is 5.17. The monoisotopic (exact) mass is 252 g/mol. The molecular weight excluding hydrogens is 224 g/mol. The van der Waals surface area contributed by atoms with Crippen molar-refractivity contribution in [3.05, 3.63) is 12.2 Å². The Kier molecular flexibility index (Phi) is 3.57. The van der Waals surface area contributed by atoms with Gasteiger partial charge in [-0.2, -0.15) is 0 Å². The first kappa shape index (κ1) is 13.4. The smallest absolute Gasteiger partial charge is 0.191 e. The molecule has 2 bridgehead atoms. The Morgan fingerprint density at radius 1 is 1.18 bits per heavy atom. The topological polar surface area (TPSA) is 9.23 Å². The van der Waals surface area contributed by atoms with Crippen LogP contribution in [0, 0.1) is 17.8 Å². The van der Waals surface area contributed by atoms with Gasteiger partial charge < -0.3 is 4.43 Å². The quantitative estimate of drug-likeness (QED) is 0.524. The van der Waals surface area contributed by atoms with E-state index in [0.717, 1.165) is 24.4 Å². The van der Waals surface area contributed by atoms with E-state index < -0.39 is 8.32 Å². The van der Waals surface area contributed by atoms with Gasteiger partial charge in [0.2, 0.25) is 0 Å². The summed E-state index contributed by atoms with van der Waals surface area (Å²) in [5.74, 6) is 2.69. The lowest BCUT2D eigenvalue weighted by atomic mass is 9.91. The van der Waals surface area contributed by atoms with Crippen LogP contribution in [0.15, 0.2) is 12.2 Å². The zero-order chi connectivity index (χ0) is 12.7. The van der Waals surface area contributed by atoms with Crippen LogP contribution in [0.5, 0.6) is 0 Å². The molecule has 1 saturated carbocycles. The van der Waals surface area contributed by atoms with Gasteiger partial charge in [-0.15, -0.1) is 0 Å². The molecule has 0 heterocycles. The molecule has 17 heavy (non-hydrogen) atoms. The van der Waals surface area contributed by atoms with Crippen LogP contribution >= 0.6 is 0 Å². The summed E-state index contributed by atoms with van der Waals surface area (Å²) in [7, 11) is -1.52. The molecule has 0 N–H and O–H groups in total. The summed E-state index contributed by atoms with van der Waals surface area (Å²) >= 11 is 0. The second-order valence-corrected chi connectivity index (χ2v) is 12.2. The molecule has 0 amide bonds. The molecule has 0 radical (unpaired) electrons. The molecule has 2 aliphatic rings. The van der Waals surface area contributed by atoms with Crippen LogP contribution in [0.25, 0.3) is 0 Å². The summed E-state index contributed by atoms with van der Waals surface area (Å²) in [6, 6.07) is 0. The lowest BCUT2D eigenvalue weighted by Gasteiger charge is -2.36. The van der Waals surface area contributed by atoms with E-state index in [0.29, 0.717) is 5.04 Å². The van der Waals surface area contributed by atoms with Crippen molar-refractivity contribution < 1.29 is 4.43 Å². The molecular formula is C15H28OSi. The van der Waals surface area contributed by atoms with E-state index in [1.807, 2.05) is 0 Å². The number of allylic oxidation sites excluding steroid dienone is 2. The summed E-state index contributed by atoms with van der Waals surface area (Å²) in [4.78, 5) is 0. The van der Waals surface area contributed by atoms with E-state index in [-0.39, 0.29) is 0 Å². The minimum atomic E-state index is -1.52. The normalized spacial score (nSPS) is 32.4. The van der Waals surface area contributed by atoms with E-state index >= 15 is 0 Å². The van der Waals surface area contributed by atoms with Crippen molar-refractivity contribution in [2.45, 2.75) is 58.2 Å². The Balaban J connectivity index is 1.75. The first-order chi connectivity index (χ1) is 7.79. The fourth-order valence-electron chi connectivity index (χ4n) is 2.91. The molecule has 3 atom stereocenters. The lowest BCUT2D eigenvalue weighted by Crippen LogP contribution is -2.41. The van der Waals surface area contributed by atoms with Crippen LogP contribution < -0.4 is 0 Å². The average Bonchev–Trinajstić information content (AvgIpc) is 2.76. The Bertz CT molecular complexity index is 301. The Morgan fingerprint density at radius 2 is 1.88 bits per heavy atom. The van der Waals surface area contributed by atoms with Crippen LogP contribution in [-0.2, 0) is 4.43 Å². The van der Waals surface area contributed by atoms with Gasteiger partial charge in [0, 0.05) is 6.61 Å². The van der Waals surface area contributed by atoms with Gasteiger partial charge in [-0.25, -0.2) is 0 Å². The predicted octanol–water partition coefficient (Wildman–Crippen LogP) is 4.61. The van der Waals surface area contributed by atoms with Gasteiger partial charge >= 0.3 is 0 Å². The maximum atomic E-state index is 6.28. The minimum Gasteiger partial charge on any atom is -0.417 e. The third-order valence-corrected chi connectivity index (χ3v) is 9.71. The van der Waals surface area contributed by atoms with Crippen LogP contribution in [0.2, 0.25) is 18.1 Å². The molecule has 0 saturated heterocycles. The molecule has 2 aliphatic carbocycles. The highest BCUT2D eigenvalue weighted by Crippen LogP contribution is 2.45. The first-order valence-corrected chi connectivity index (χ1v) is 10.0. The van der Waals surface area contributed by atoms with Gasteiger partial charge in [-0.1, -0.05) is 32.9 Å². The van der Waals surface area contributed by atoms with E-state index in [1.165, 1.54) is 19.3 Å². The van der Waals surface area contributed by atoms with Crippen molar-refractivity contribution in [1.29, 1.82) is 0 Å². The molecule has 0 aromatic rings. The fourth-order valence-corrected chi connectivity index (χ4v) is 3.97. The molecule has 2 heteroatoms. The summed E-state index contributed by atoms with van der Waals surface area (Å²) in [6.07, 6.45) is 8.99. The standard InChI is InChI=1S/C15H28OSi/c1-15(2,3)17(4,5)16-9-8-14-11-12-6-7-13(14)10-12/h6-7,12-14H,8-11H2,1-5H3. The number of rotatable bonds is 4. The van der Waals surface area contributed by atoms with Gasteiger partial charge in [0.25, 0.3) is 0 Å². The van der Waals surface area contributed by atoms with Crippen molar-refractivity contribution >= 4 is 8.32 Å².